The molecule has 4 N–H and O–H groups in total. The molecule has 0 radical (unpaired) electrons. The van der Waals surface area contributed by atoms with Crippen molar-refractivity contribution in [3.8, 4) is 0 Å². The Morgan fingerprint density at radius 3 is 2.94 bits per heavy atom. The van der Waals surface area contributed by atoms with E-state index in [1.165, 1.54) is 0 Å². The van der Waals surface area contributed by atoms with Gasteiger partial charge in [0.15, 0.2) is 0 Å². The molecule has 98 valence electrons. The van der Waals surface area contributed by atoms with E-state index in [9.17, 15) is 5.11 Å². The maximum Gasteiger partial charge on any atom is 0.124 e. The Morgan fingerprint density at radius 1 is 1.50 bits per heavy atom. The second-order valence-electron chi connectivity index (χ2n) is 4.96. The zero-order valence-corrected chi connectivity index (χ0v) is 10.8. The first-order valence-electron chi connectivity index (χ1n) is 6.46. The van der Waals surface area contributed by atoms with Gasteiger partial charge in [-0.25, -0.2) is 0 Å². The number of rotatable bonds is 3. The number of anilines is 1. The van der Waals surface area contributed by atoms with Crippen LogP contribution in [-0.4, -0.2) is 30.1 Å². The number of nitrogens with two attached hydrogens (primary N) is 1. The molecule has 0 amide bonds. The molecule has 0 aromatic heterocycles. The summed E-state index contributed by atoms with van der Waals surface area (Å²) in [6.45, 7) is 3.12. The first-order valence-corrected chi connectivity index (χ1v) is 6.46. The van der Waals surface area contributed by atoms with Crippen LogP contribution in [0.5, 0.6) is 0 Å². The Balaban J connectivity index is 2.41. The monoisotopic (exact) mass is 247 g/mol. The summed E-state index contributed by atoms with van der Waals surface area (Å²) < 4.78 is 0. The normalized spacial score (nSPS) is 19.9. The van der Waals surface area contributed by atoms with Gasteiger partial charge in [0, 0.05) is 17.8 Å². The Hall–Kier alpha value is -1.55. The molecule has 1 aromatic rings. The van der Waals surface area contributed by atoms with Crippen molar-refractivity contribution in [3.05, 3.63) is 29.3 Å². The van der Waals surface area contributed by atoms with Crippen molar-refractivity contribution in [1.29, 1.82) is 5.41 Å². The fraction of sp³-hybridized carbons (Fsp3) is 0.500. The molecule has 1 atom stereocenters. The lowest BCUT2D eigenvalue weighted by Gasteiger charge is -2.37. The molecule has 0 spiro atoms. The Labute approximate surface area is 108 Å². The number of hydrogen-bond acceptors (Lipinski definition) is 3. The van der Waals surface area contributed by atoms with E-state index in [4.69, 9.17) is 11.1 Å². The second kappa shape index (κ2) is 5.40. The fourth-order valence-corrected chi connectivity index (χ4v) is 2.61. The van der Waals surface area contributed by atoms with Crippen LogP contribution in [-0.2, 0) is 0 Å². The van der Waals surface area contributed by atoms with Crippen LogP contribution in [0.15, 0.2) is 18.2 Å². The molecule has 0 saturated carbocycles. The highest BCUT2D eigenvalue weighted by molar-refractivity contribution is 6.00. The van der Waals surface area contributed by atoms with Crippen LogP contribution in [0.25, 0.3) is 0 Å². The van der Waals surface area contributed by atoms with E-state index in [0.717, 1.165) is 42.6 Å². The van der Waals surface area contributed by atoms with Crippen LogP contribution in [0.1, 0.15) is 30.4 Å². The minimum Gasteiger partial charge on any atom is -0.394 e. The highest BCUT2D eigenvalue weighted by atomic mass is 16.3. The maximum absolute atomic E-state index is 9.49. The van der Waals surface area contributed by atoms with Gasteiger partial charge in [-0.2, -0.15) is 0 Å². The molecular weight excluding hydrogens is 226 g/mol. The predicted octanol–water partition coefficient (Wildman–Crippen LogP) is 1.63. The molecule has 1 heterocycles. The lowest BCUT2D eigenvalue weighted by molar-refractivity contribution is 0.240. The predicted molar refractivity (Wildman–Crippen MR) is 74.3 cm³/mol. The summed E-state index contributed by atoms with van der Waals surface area (Å²) in [6, 6.07) is 6.08. The van der Waals surface area contributed by atoms with Gasteiger partial charge in [0.25, 0.3) is 0 Å². The molecule has 0 bridgehead atoms. The first kappa shape index (κ1) is 12.9. The Bertz CT molecular complexity index is 445. The van der Waals surface area contributed by atoms with E-state index in [1.807, 2.05) is 19.1 Å². The third-order valence-corrected chi connectivity index (χ3v) is 3.59. The zero-order valence-electron chi connectivity index (χ0n) is 10.8. The maximum atomic E-state index is 9.49. The molecule has 18 heavy (non-hydrogen) atoms. The topological polar surface area (TPSA) is 73.3 Å². The molecular formula is C14H21N3O. The number of nitrogens with zero attached hydrogens (tertiary/aromatic N) is 1. The quantitative estimate of drug-likeness (QED) is 0.561. The van der Waals surface area contributed by atoms with Crippen molar-refractivity contribution < 1.29 is 5.11 Å². The highest BCUT2D eigenvalue weighted by Gasteiger charge is 2.24. The molecule has 1 aliphatic rings. The largest absolute Gasteiger partial charge is 0.394 e. The Morgan fingerprint density at radius 2 is 2.28 bits per heavy atom. The van der Waals surface area contributed by atoms with E-state index < -0.39 is 0 Å². The summed E-state index contributed by atoms with van der Waals surface area (Å²) in [7, 11) is 0. The lowest BCUT2D eigenvalue weighted by Crippen LogP contribution is -2.42. The van der Waals surface area contributed by atoms with Crippen molar-refractivity contribution >= 4 is 11.5 Å². The minimum absolute atomic E-state index is 0.0901. The highest BCUT2D eigenvalue weighted by Crippen LogP contribution is 2.28. The smallest absolute Gasteiger partial charge is 0.124 e. The average Bonchev–Trinajstić information content (AvgIpc) is 2.38. The number of nitrogen functional groups attached to an aromatic ring is 1. The second-order valence-corrected chi connectivity index (χ2v) is 4.96. The Kier molecular flexibility index (Phi) is 3.87. The van der Waals surface area contributed by atoms with Gasteiger partial charge in [0.05, 0.1) is 12.6 Å². The molecule has 1 fully saturated rings. The number of aliphatic hydroxyl groups excluding tert-OH is 1. The summed E-state index contributed by atoms with van der Waals surface area (Å²) in [6.07, 6.45) is 3.28. The van der Waals surface area contributed by atoms with Crippen LogP contribution >= 0.6 is 0 Å². The summed E-state index contributed by atoms with van der Waals surface area (Å²) in [5.74, 6) is 0.0901. The van der Waals surface area contributed by atoms with Crippen LogP contribution < -0.4 is 10.6 Å². The molecule has 4 heteroatoms. The summed E-state index contributed by atoms with van der Waals surface area (Å²) in [4.78, 5) is 2.20. The molecule has 1 unspecified atom stereocenters. The standard InChI is InChI=1S/C14H21N3O/c1-10-5-6-12(14(15)16)13(8-10)17-7-3-2-4-11(17)9-18/h5-6,8,11,18H,2-4,7,9H2,1H3,(H3,15,16). The molecule has 4 nitrogen and oxygen atoms in total. The fourth-order valence-electron chi connectivity index (χ4n) is 2.61. The van der Waals surface area contributed by atoms with E-state index in [1.54, 1.807) is 0 Å². The first-order chi connectivity index (χ1) is 8.63. The van der Waals surface area contributed by atoms with Crippen LogP contribution in [0.4, 0.5) is 5.69 Å². The summed E-state index contributed by atoms with van der Waals surface area (Å²) in [5, 5.41) is 17.2. The van der Waals surface area contributed by atoms with Gasteiger partial charge in [0.1, 0.15) is 5.84 Å². The van der Waals surface area contributed by atoms with Gasteiger partial charge in [0.2, 0.25) is 0 Å². The molecule has 1 saturated heterocycles. The number of benzene rings is 1. The minimum atomic E-state index is 0.0901. The van der Waals surface area contributed by atoms with Crippen molar-refractivity contribution in [2.75, 3.05) is 18.1 Å². The van der Waals surface area contributed by atoms with Gasteiger partial charge in [-0.1, -0.05) is 6.07 Å². The molecule has 2 rings (SSSR count). The molecule has 1 aromatic carbocycles. The number of aliphatic hydroxyl groups is 1. The molecule has 1 aliphatic heterocycles. The van der Waals surface area contributed by atoms with Crippen LogP contribution in [0.3, 0.4) is 0 Å². The number of aryl methyl sites for hydroxylation is 1. The third kappa shape index (κ3) is 2.48. The van der Waals surface area contributed by atoms with Crippen LogP contribution in [0, 0.1) is 12.3 Å². The van der Waals surface area contributed by atoms with Crippen molar-refractivity contribution in [1.82, 2.24) is 0 Å². The zero-order chi connectivity index (χ0) is 13.1. The van der Waals surface area contributed by atoms with Crippen molar-refractivity contribution in [2.45, 2.75) is 32.2 Å². The summed E-state index contributed by atoms with van der Waals surface area (Å²) >= 11 is 0. The van der Waals surface area contributed by atoms with Gasteiger partial charge in [-0.05, 0) is 43.9 Å². The lowest BCUT2D eigenvalue weighted by atomic mass is 9.99. The van der Waals surface area contributed by atoms with E-state index in [-0.39, 0.29) is 18.5 Å². The SMILES string of the molecule is Cc1ccc(C(=N)N)c(N2CCCCC2CO)c1. The van der Waals surface area contributed by atoms with Gasteiger partial charge < -0.3 is 15.7 Å². The van der Waals surface area contributed by atoms with E-state index >= 15 is 0 Å². The van der Waals surface area contributed by atoms with Crippen molar-refractivity contribution in [2.24, 2.45) is 5.73 Å². The number of nitrogens with one attached hydrogen (secondary N) is 1. The number of hydrogen-bond donors (Lipinski definition) is 3. The van der Waals surface area contributed by atoms with E-state index in [2.05, 4.69) is 11.0 Å². The summed E-state index contributed by atoms with van der Waals surface area (Å²) in [5.41, 5.74) is 8.55. The van der Waals surface area contributed by atoms with Crippen LogP contribution in [0.2, 0.25) is 0 Å². The average molecular weight is 247 g/mol. The van der Waals surface area contributed by atoms with Gasteiger partial charge >= 0.3 is 0 Å². The number of piperidine rings is 1. The number of amidine groups is 1. The van der Waals surface area contributed by atoms with Gasteiger partial charge in [-0.3, -0.25) is 5.41 Å². The third-order valence-electron chi connectivity index (χ3n) is 3.59. The van der Waals surface area contributed by atoms with E-state index in [0.29, 0.717) is 0 Å². The molecule has 0 aliphatic carbocycles. The van der Waals surface area contributed by atoms with Crippen molar-refractivity contribution in [3.63, 3.8) is 0 Å². The van der Waals surface area contributed by atoms with Gasteiger partial charge in [-0.15, -0.1) is 0 Å².